The second kappa shape index (κ2) is 6.25. The van der Waals surface area contributed by atoms with E-state index in [0.29, 0.717) is 38.5 Å². The molecule has 7 nitrogen and oxygen atoms in total. The summed E-state index contributed by atoms with van der Waals surface area (Å²) in [6.45, 7) is 2.21. The van der Waals surface area contributed by atoms with Crippen molar-refractivity contribution in [1.82, 2.24) is 19.8 Å². The predicted molar refractivity (Wildman–Crippen MR) is 99.4 cm³/mol. The van der Waals surface area contributed by atoms with Crippen LogP contribution in [0.15, 0.2) is 24.3 Å². The molecule has 5 rings (SSSR count). The Morgan fingerprint density at radius 2 is 2.11 bits per heavy atom. The third-order valence-electron chi connectivity index (χ3n) is 6.03. The van der Waals surface area contributed by atoms with Crippen molar-refractivity contribution in [3.05, 3.63) is 30.1 Å². The fourth-order valence-electron chi connectivity index (χ4n) is 4.35. The number of imidazole rings is 1. The minimum absolute atomic E-state index is 0.120. The van der Waals surface area contributed by atoms with Crippen molar-refractivity contribution in [2.75, 3.05) is 19.6 Å². The zero-order valence-electron chi connectivity index (χ0n) is 15.3. The molecular formula is C20H24N4O3. The molecule has 7 heteroatoms. The number of nitrogens with zero attached hydrogens (tertiary/aromatic N) is 3. The molecule has 142 valence electrons. The molecule has 1 aromatic heterocycles. The second-order valence-electron chi connectivity index (χ2n) is 7.98. The molecule has 1 N–H and O–H groups in total. The van der Waals surface area contributed by atoms with Crippen LogP contribution in [0.25, 0.3) is 11.0 Å². The summed E-state index contributed by atoms with van der Waals surface area (Å²) in [4.78, 5) is 31.2. The average molecular weight is 368 g/mol. The standard InChI is InChI=1S/C20H24N4O3/c25-17(23-10-3-8-20(9-11-23)13-21-19(26)27-20)12-24-16-5-2-1-4-15(16)22-18(24)14-6-7-14/h1-2,4-5,14H,3,6-13H2,(H,21,26)/t20-/m0/s1. The van der Waals surface area contributed by atoms with Gasteiger partial charge in [0.05, 0.1) is 17.6 Å². The molecule has 1 atom stereocenters. The van der Waals surface area contributed by atoms with Crippen LogP contribution in [0.2, 0.25) is 0 Å². The zero-order valence-corrected chi connectivity index (χ0v) is 15.3. The lowest BCUT2D eigenvalue weighted by Crippen LogP contribution is -2.38. The fourth-order valence-corrected chi connectivity index (χ4v) is 4.35. The van der Waals surface area contributed by atoms with Crippen molar-refractivity contribution < 1.29 is 14.3 Å². The Kier molecular flexibility index (Phi) is 3.84. The first kappa shape index (κ1) is 16.6. The second-order valence-corrected chi connectivity index (χ2v) is 7.98. The largest absolute Gasteiger partial charge is 0.441 e. The summed E-state index contributed by atoms with van der Waals surface area (Å²) in [6, 6.07) is 8.05. The molecule has 3 heterocycles. The first-order valence-electron chi connectivity index (χ1n) is 9.83. The number of carbonyl (C=O) groups is 2. The van der Waals surface area contributed by atoms with Gasteiger partial charge in [0, 0.05) is 25.4 Å². The normalized spacial score (nSPS) is 25.5. The van der Waals surface area contributed by atoms with Gasteiger partial charge in [-0.1, -0.05) is 12.1 Å². The molecule has 2 saturated heterocycles. The van der Waals surface area contributed by atoms with Gasteiger partial charge in [-0.25, -0.2) is 9.78 Å². The Bertz CT molecular complexity index is 904. The van der Waals surface area contributed by atoms with E-state index in [1.54, 1.807) is 0 Å². The van der Waals surface area contributed by atoms with Gasteiger partial charge in [-0.3, -0.25) is 4.79 Å². The smallest absolute Gasteiger partial charge is 0.407 e. The minimum Gasteiger partial charge on any atom is -0.441 e. The number of fused-ring (bicyclic) bond motifs is 1. The van der Waals surface area contributed by atoms with Crippen LogP contribution in [0.3, 0.4) is 0 Å². The molecule has 2 aromatic rings. The van der Waals surface area contributed by atoms with Gasteiger partial charge in [0.15, 0.2) is 0 Å². The highest BCUT2D eigenvalue weighted by molar-refractivity contribution is 5.81. The van der Waals surface area contributed by atoms with Crippen molar-refractivity contribution in [3.8, 4) is 0 Å². The Labute approximate surface area is 157 Å². The number of carbonyl (C=O) groups excluding carboxylic acids is 2. The highest BCUT2D eigenvalue weighted by Gasteiger charge is 2.42. The fraction of sp³-hybridized carbons (Fsp3) is 0.550. The predicted octanol–water partition coefficient (Wildman–Crippen LogP) is 2.40. The summed E-state index contributed by atoms with van der Waals surface area (Å²) in [7, 11) is 0. The Balaban J connectivity index is 1.34. The maximum atomic E-state index is 13.1. The Hall–Kier alpha value is -2.57. The van der Waals surface area contributed by atoms with Crippen LogP contribution in [0, 0.1) is 0 Å². The first-order valence-corrected chi connectivity index (χ1v) is 9.83. The van der Waals surface area contributed by atoms with Crippen LogP contribution in [0.5, 0.6) is 0 Å². The van der Waals surface area contributed by atoms with Gasteiger partial charge in [0.25, 0.3) is 0 Å². The van der Waals surface area contributed by atoms with Gasteiger partial charge in [-0.2, -0.15) is 0 Å². The van der Waals surface area contributed by atoms with E-state index >= 15 is 0 Å². The quantitative estimate of drug-likeness (QED) is 0.903. The molecule has 1 saturated carbocycles. The summed E-state index contributed by atoms with van der Waals surface area (Å²) in [5, 5.41) is 2.76. The number of ether oxygens (including phenoxy) is 1. The number of likely N-dealkylation sites (tertiary alicyclic amines) is 1. The van der Waals surface area contributed by atoms with Gasteiger partial charge in [0.2, 0.25) is 5.91 Å². The molecule has 1 spiro atoms. The minimum atomic E-state index is -0.438. The van der Waals surface area contributed by atoms with E-state index < -0.39 is 5.60 Å². The highest BCUT2D eigenvalue weighted by Crippen LogP contribution is 2.40. The van der Waals surface area contributed by atoms with Crippen molar-refractivity contribution in [1.29, 1.82) is 0 Å². The van der Waals surface area contributed by atoms with Crippen LogP contribution < -0.4 is 5.32 Å². The number of nitrogens with one attached hydrogen (secondary N) is 1. The first-order chi connectivity index (χ1) is 13.1. The van der Waals surface area contributed by atoms with Crippen LogP contribution in [0.1, 0.15) is 43.8 Å². The van der Waals surface area contributed by atoms with Crippen molar-refractivity contribution in [2.45, 2.75) is 50.2 Å². The van der Waals surface area contributed by atoms with E-state index in [9.17, 15) is 9.59 Å². The molecule has 3 aliphatic rings. The maximum Gasteiger partial charge on any atom is 0.407 e. The van der Waals surface area contributed by atoms with Crippen molar-refractivity contribution in [2.24, 2.45) is 0 Å². The van der Waals surface area contributed by atoms with E-state index in [2.05, 4.69) is 9.88 Å². The Morgan fingerprint density at radius 3 is 2.89 bits per heavy atom. The topological polar surface area (TPSA) is 76.5 Å². The SMILES string of the molecule is O=C1NC[C@@]2(CCCN(C(=O)Cn3c(C4CC4)nc4ccccc43)CC2)O1. The summed E-state index contributed by atoms with van der Waals surface area (Å²) in [5.41, 5.74) is 1.56. The molecule has 0 bridgehead atoms. The lowest BCUT2D eigenvalue weighted by atomic mass is 9.95. The number of alkyl carbamates (subject to hydrolysis) is 1. The summed E-state index contributed by atoms with van der Waals surface area (Å²) in [6.07, 6.45) is 4.31. The van der Waals surface area contributed by atoms with Gasteiger partial charge in [-0.05, 0) is 37.8 Å². The van der Waals surface area contributed by atoms with Crippen LogP contribution >= 0.6 is 0 Å². The number of benzene rings is 1. The van der Waals surface area contributed by atoms with Gasteiger partial charge in [0.1, 0.15) is 18.0 Å². The molecule has 0 unspecified atom stereocenters. The van der Waals surface area contributed by atoms with E-state index in [-0.39, 0.29) is 12.0 Å². The van der Waals surface area contributed by atoms with Crippen molar-refractivity contribution in [3.63, 3.8) is 0 Å². The van der Waals surface area contributed by atoms with E-state index in [1.165, 1.54) is 0 Å². The van der Waals surface area contributed by atoms with Gasteiger partial charge < -0.3 is 19.5 Å². The summed E-state index contributed by atoms with van der Waals surface area (Å²) < 4.78 is 7.62. The molecule has 1 aliphatic carbocycles. The third-order valence-corrected chi connectivity index (χ3v) is 6.03. The molecule has 0 radical (unpaired) electrons. The van der Waals surface area contributed by atoms with Crippen molar-refractivity contribution >= 4 is 23.0 Å². The lowest BCUT2D eigenvalue weighted by molar-refractivity contribution is -0.131. The highest BCUT2D eigenvalue weighted by atomic mass is 16.6. The van der Waals surface area contributed by atoms with Crippen LogP contribution in [0.4, 0.5) is 4.79 Å². The molecule has 27 heavy (non-hydrogen) atoms. The Morgan fingerprint density at radius 1 is 1.26 bits per heavy atom. The number of aromatic nitrogens is 2. The van der Waals surface area contributed by atoms with Crippen LogP contribution in [-0.2, 0) is 16.1 Å². The lowest BCUT2D eigenvalue weighted by Gasteiger charge is -2.25. The number of para-hydroxylation sites is 2. The molecule has 1 aromatic carbocycles. The number of rotatable bonds is 3. The van der Waals surface area contributed by atoms with Gasteiger partial charge in [-0.15, -0.1) is 0 Å². The van der Waals surface area contributed by atoms with E-state index in [0.717, 1.165) is 42.5 Å². The molecule has 3 fully saturated rings. The molecule has 2 aliphatic heterocycles. The third kappa shape index (κ3) is 3.05. The number of amides is 2. The average Bonchev–Trinajstić information content (AvgIpc) is 3.40. The zero-order chi connectivity index (χ0) is 18.4. The van der Waals surface area contributed by atoms with Crippen LogP contribution in [-0.4, -0.2) is 51.7 Å². The maximum absolute atomic E-state index is 13.1. The molecule has 2 amide bonds. The van der Waals surface area contributed by atoms with Gasteiger partial charge >= 0.3 is 6.09 Å². The summed E-state index contributed by atoms with van der Waals surface area (Å²) in [5.74, 6) is 1.65. The number of hydrogen-bond acceptors (Lipinski definition) is 4. The summed E-state index contributed by atoms with van der Waals surface area (Å²) >= 11 is 0. The van der Waals surface area contributed by atoms with E-state index in [4.69, 9.17) is 9.72 Å². The number of hydrogen-bond donors (Lipinski definition) is 1. The van der Waals surface area contributed by atoms with E-state index in [1.807, 2.05) is 29.2 Å². The monoisotopic (exact) mass is 368 g/mol. The molecular weight excluding hydrogens is 344 g/mol.